The lowest BCUT2D eigenvalue weighted by atomic mass is 10.0. The monoisotopic (exact) mass is 206 g/mol. The summed E-state index contributed by atoms with van der Waals surface area (Å²) >= 11 is 0. The number of hydrogen-bond donors (Lipinski definition) is 2. The number of hydrogen-bond acceptors (Lipinski definition) is 5. The van der Waals surface area contributed by atoms with E-state index in [2.05, 4.69) is 4.74 Å². The molecule has 0 heterocycles. The number of nitriles is 1. The maximum Gasteiger partial charge on any atom is 0.339 e. The molecule has 0 saturated carbocycles. The summed E-state index contributed by atoms with van der Waals surface area (Å²) in [5.74, 6) is -0.923. The SMILES string of the molecule is COC(=O)c1ccc(CN)c(O)c1C#N. The molecule has 0 atom stereocenters. The third-order valence-electron chi connectivity index (χ3n) is 2.00. The maximum absolute atomic E-state index is 11.2. The molecule has 0 aliphatic rings. The number of methoxy groups -OCH3 is 1. The standard InChI is InChI=1S/C10H10N2O3/c1-15-10(14)7-3-2-6(4-11)9(13)8(7)5-12/h2-3,13H,4,11H2,1H3. The first-order chi connectivity index (χ1) is 7.15. The summed E-state index contributed by atoms with van der Waals surface area (Å²) in [4.78, 5) is 11.2. The number of phenolic OH excluding ortho intramolecular Hbond substituents is 1. The Balaban J connectivity index is 3.39. The Labute approximate surface area is 86.7 Å². The number of carbonyl (C=O) groups is 1. The summed E-state index contributed by atoms with van der Waals surface area (Å²) in [6.07, 6.45) is 0. The van der Waals surface area contributed by atoms with Gasteiger partial charge in [-0.25, -0.2) is 4.79 Å². The Bertz CT molecular complexity index is 435. The van der Waals surface area contributed by atoms with Gasteiger partial charge in [-0.1, -0.05) is 6.07 Å². The van der Waals surface area contributed by atoms with Crippen molar-refractivity contribution < 1.29 is 14.6 Å². The molecule has 0 radical (unpaired) electrons. The zero-order valence-electron chi connectivity index (χ0n) is 8.15. The van der Waals surface area contributed by atoms with Gasteiger partial charge in [-0.3, -0.25) is 0 Å². The largest absolute Gasteiger partial charge is 0.506 e. The van der Waals surface area contributed by atoms with Gasteiger partial charge in [0.15, 0.2) is 0 Å². The molecule has 0 aliphatic carbocycles. The van der Waals surface area contributed by atoms with E-state index in [1.54, 1.807) is 6.07 Å². The van der Waals surface area contributed by atoms with Crippen molar-refractivity contribution in [3.63, 3.8) is 0 Å². The van der Waals surface area contributed by atoms with Gasteiger partial charge >= 0.3 is 5.97 Å². The Kier molecular flexibility index (Phi) is 3.26. The van der Waals surface area contributed by atoms with Gasteiger partial charge in [-0.05, 0) is 6.07 Å². The third-order valence-corrected chi connectivity index (χ3v) is 2.00. The average molecular weight is 206 g/mol. The molecule has 3 N–H and O–H groups in total. The van der Waals surface area contributed by atoms with Crippen LogP contribution in [-0.2, 0) is 11.3 Å². The lowest BCUT2D eigenvalue weighted by Crippen LogP contribution is -2.06. The minimum absolute atomic E-state index is 0.0368. The Morgan fingerprint density at radius 2 is 2.33 bits per heavy atom. The number of nitrogens with two attached hydrogens (primary N) is 1. The first-order valence-electron chi connectivity index (χ1n) is 4.19. The number of carbonyl (C=O) groups excluding carboxylic acids is 1. The van der Waals surface area contributed by atoms with Gasteiger partial charge < -0.3 is 15.6 Å². The first kappa shape index (κ1) is 11.0. The van der Waals surface area contributed by atoms with Crippen LogP contribution in [0.1, 0.15) is 21.5 Å². The molecule has 1 rings (SSSR count). The molecule has 0 amide bonds. The van der Waals surface area contributed by atoms with Crippen molar-refractivity contribution in [2.75, 3.05) is 7.11 Å². The topological polar surface area (TPSA) is 96.3 Å². The number of benzene rings is 1. The summed E-state index contributed by atoms with van der Waals surface area (Å²) < 4.78 is 4.47. The Hall–Kier alpha value is -2.06. The number of esters is 1. The molecule has 0 saturated heterocycles. The van der Waals surface area contributed by atoms with E-state index in [1.807, 2.05) is 0 Å². The van der Waals surface area contributed by atoms with Crippen LogP contribution in [0.25, 0.3) is 0 Å². The number of aromatic hydroxyl groups is 1. The van der Waals surface area contributed by atoms with Crippen LogP contribution in [-0.4, -0.2) is 18.2 Å². The smallest absolute Gasteiger partial charge is 0.339 e. The molecule has 0 fully saturated rings. The van der Waals surface area contributed by atoms with Crippen molar-refractivity contribution in [2.24, 2.45) is 5.73 Å². The van der Waals surface area contributed by atoms with Crippen LogP contribution in [0.4, 0.5) is 0 Å². The lowest BCUT2D eigenvalue weighted by molar-refractivity contribution is 0.0600. The maximum atomic E-state index is 11.2. The van der Waals surface area contributed by atoms with Crippen molar-refractivity contribution in [3.8, 4) is 11.8 Å². The van der Waals surface area contributed by atoms with E-state index >= 15 is 0 Å². The molecule has 0 aliphatic heterocycles. The lowest BCUT2D eigenvalue weighted by Gasteiger charge is -2.07. The molecular formula is C10H10N2O3. The predicted octanol–water partition coefficient (Wildman–Crippen LogP) is 0.509. The van der Waals surface area contributed by atoms with Crippen molar-refractivity contribution in [3.05, 3.63) is 28.8 Å². The first-order valence-corrected chi connectivity index (χ1v) is 4.19. The van der Waals surface area contributed by atoms with Crippen LogP contribution in [0.2, 0.25) is 0 Å². The van der Waals surface area contributed by atoms with E-state index < -0.39 is 5.97 Å². The summed E-state index contributed by atoms with van der Waals surface area (Å²) in [7, 11) is 1.21. The fourth-order valence-electron chi connectivity index (χ4n) is 1.19. The van der Waals surface area contributed by atoms with E-state index in [1.165, 1.54) is 19.2 Å². The second-order valence-corrected chi connectivity index (χ2v) is 2.80. The zero-order chi connectivity index (χ0) is 11.4. The van der Waals surface area contributed by atoms with Crippen molar-refractivity contribution in [1.29, 1.82) is 5.26 Å². The van der Waals surface area contributed by atoms with E-state index in [0.29, 0.717) is 5.56 Å². The van der Waals surface area contributed by atoms with Gasteiger partial charge in [-0.2, -0.15) is 5.26 Å². The molecule has 0 aromatic heterocycles. The van der Waals surface area contributed by atoms with E-state index in [9.17, 15) is 9.90 Å². The number of ether oxygens (including phenoxy) is 1. The summed E-state index contributed by atoms with van der Waals surface area (Å²) in [6.45, 7) is 0.0992. The minimum Gasteiger partial charge on any atom is -0.506 e. The molecular weight excluding hydrogens is 196 g/mol. The quantitative estimate of drug-likeness (QED) is 0.687. The Morgan fingerprint density at radius 3 is 2.80 bits per heavy atom. The van der Waals surface area contributed by atoms with E-state index in [0.717, 1.165) is 0 Å². The number of phenols is 1. The van der Waals surface area contributed by atoms with Crippen LogP contribution in [0.15, 0.2) is 12.1 Å². The van der Waals surface area contributed by atoms with Crippen LogP contribution in [0.5, 0.6) is 5.75 Å². The highest BCUT2D eigenvalue weighted by atomic mass is 16.5. The van der Waals surface area contributed by atoms with Gasteiger partial charge in [-0.15, -0.1) is 0 Å². The number of nitrogens with zero attached hydrogens (tertiary/aromatic N) is 1. The van der Waals surface area contributed by atoms with Gasteiger partial charge in [0.2, 0.25) is 0 Å². The molecule has 78 valence electrons. The summed E-state index contributed by atoms with van der Waals surface area (Å²) in [5.41, 5.74) is 5.69. The van der Waals surface area contributed by atoms with E-state index in [-0.39, 0.29) is 23.4 Å². The normalized spacial score (nSPS) is 9.40. The van der Waals surface area contributed by atoms with Crippen LogP contribution < -0.4 is 5.73 Å². The molecule has 5 nitrogen and oxygen atoms in total. The third kappa shape index (κ3) is 1.90. The highest BCUT2D eigenvalue weighted by molar-refractivity contribution is 5.93. The molecule has 0 unspecified atom stereocenters. The highest BCUT2D eigenvalue weighted by Gasteiger charge is 2.17. The minimum atomic E-state index is -0.662. The molecule has 0 spiro atoms. The van der Waals surface area contributed by atoms with Crippen LogP contribution >= 0.6 is 0 Å². The fourth-order valence-corrected chi connectivity index (χ4v) is 1.19. The van der Waals surface area contributed by atoms with Gasteiger partial charge in [0.25, 0.3) is 0 Å². The van der Waals surface area contributed by atoms with Crippen LogP contribution in [0, 0.1) is 11.3 Å². The molecule has 1 aromatic carbocycles. The fraction of sp³-hybridized carbons (Fsp3) is 0.200. The molecule has 1 aromatic rings. The zero-order valence-corrected chi connectivity index (χ0v) is 8.15. The van der Waals surface area contributed by atoms with Crippen molar-refractivity contribution in [1.82, 2.24) is 0 Å². The van der Waals surface area contributed by atoms with Gasteiger partial charge in [0, 0.05) is 12.1 Å². The second-order valence-electron chi connectivity index (χ2n) is 2.80. The second kappa shape index (κ2) is 4.44. The van der Waals surface area contributed by atoms with Gasteiger partial charge in [0.1, 0.15) is 17.4 Å². The highest BCUT2D eigenvalue weighted by Crippen LogP contribution is 2.25. The summed E-state index contributed by atoms with van der Waals surface area (Å²) in [6, 6.07) is 4.64. The Morgan fingerprint density at radius 1 is 1.67 bits per heavy atom. The van der Waals surface area contributed by atoms with E-state index in [4.69, 9.17) is 11.0 Å². The molecule has 15 heavy (non-hydrogen) atoms. The van der Waals surface area contributed by atoms with Gasteiger partial charge in [0.05, 0.1) is 12.7 Å². The van der Waals surface area contributed by atoms with Crippen molar-refractivity contribution in [2.45, 2.75) is 6.54 Å². The average Bonchev–Trinajstić information content (AvgIpc) is 2.27. The molecule has 0 bridgehead atoms. The van der Waals surface area contributed by atoms with Crippen molar-refractivity contribution >= 4 is 5.97 Å². The predicted molar refractivity (Wildman–Crippen MR) is 52.1 cm³/mol. The van der Waals surface area contributed by atoms with Crippen LogP contribution in [0.3, 0.4) is 0 Å². The summed E-state index contributed by atoms with van der Waals surface area (Å²) in [5, 5.41) is 18.4. The molecule has 5 heteroatoms. The number of rotatable bonds is 2.